The van der Waals surface area contributed by atoms with Crippen LogP contribution in [-0.2, 0) is 4.79 Å². The summed E-state index contributed by atoms with van der Waals surface area (Å²) in [5.41, 5.74) is 0.111. The monoisotopic (exact) mass is 281 g/mol. The minimum atomic E-state index is -0.555. The zero-order valence-corrected chi connectivity index (χ0v) is 10.8. The van der Waals surface area contributed by atoms with Gasteiger partial charge in [0.25, 0.3) is 0 Å². The minimum absolute atomic E-state index is 0.111. The zero-order valence-electron chi connectivity index (χ0n) is 9.19. The molecule has 0 spiro atoms. The highest BCUT2D eigenvalue weighted by Crippen LogP contribution is 2.19. The quantitative estimate of drug-likeness (QED) is 0.840. The van der Waals surface area contributed by atoms with Crippen molar-refractivity contribution >= 4 is 40.6 Å². The van der Waals surface area contributed by atoms with Crippen LogP contribution in [-0.4, -0.2) is 5.91 Å². The normalized spacial score (nSPS) is 10.8. The number of benzene rings is 1. The van der Waals surface area contributed by atoms with Crippen molar-refractivity contribution < 1.29 is 9.18 Å². The summed E-state index contributed by atoms with van der Waals surface area (Å²) in [5.74, 6) is -0.940. The van der Waals surface area contributed by atoms with Crippen LogP contribution in [0.3, 0.4) is 0 Å². The third-order valence-corrected chi connectivity index (χ3v) is 3.20. The molecule has 5 heteroatoms. The van der Waals surface area contributed by atoms with E-state index in [1.165, 1.54) is 29.5 Å². The molecule has 0 radical (unpaired) electrons. The van der Waals surface area contributed by atoms with E-state index in [9.17, 15) is 9.18 Å². The number of carbonyl (C=O) groups excluding carboxylic acids is 1. The van der Waals surface area contributed by atoms with Crippen molar-refractivity contribution in [2.24, 2.45) is 0 Å². The van der Waals surface area contributed by atoms with Crippen molar-refractivity contribution in [3.05, 3.63) is 57.5 Å². The molecular weight excluding hydrogens is 273 g/mol. The number of amides is 1. The first-order chi connectivity index (χ1) is 8.65. The van der Waals surface area contributed by atoms with E-state index in [0.29, 0.717) is 5.02 Å². The van der Waals surface area contributed by atoms with Gasteiger partial charge in [-0.25, -0.2) is 4.39 Å². The van der Waals surface area contributed by atoms with Gasteiger partial charge in [0.2, 0.25) is 5.91 Å². The maximum atomic E-state index is 13.4. The SMILES string of the molecule is O=C(/C=C/c1cccs1)Nc1ccc(Cl)cc1F. The topological polar surface area (TPSA) is 29.1 Å². The van der Waals surface area contributed by atoms with E-state index >= 15 is 0 Å². The Kier molecular flexibility index (Phi) is 4.12. The Balaban J connectivity index is 2.03. The first-order valence-electron chi connectivity index (χ1n) is 5.13. The molecule has 2 aromatic rings. The first-order valence-corrected chi connectivity index (χ1v) is 6.38. The molecule has 18 heavy (non-hydrogen) atoms. The van der Waals surface area contributed by atoms with E-state index in [4.69, 9.17) is 11.6 Å². The summed E-state index contributed by atoms with van der Waals surface area (Å²) in [4.78, 5) is 12.5. The second-order valence-corrected chi connectivity index (χ2v) is 4.88. The van der Waals surface area contributed by atoms with Crippen molar-refractivity contribution in [2.75, 3.05) is 5.32 Å². The number of thiophene rings is 1. The molecule has 0 fully saturated rings. The van der Waals surface area contributed by atoms with Crippen molar-refractivity contribution in [2.45, 2.75) is 0 Å². The molecule has 1 heterocycles. The van der Waals surface area contributed by atoms with Crippen molar-refractivity contribution in [3.63, 3.8) is 0 Å². The fraction of sp³-hybridized carbons (Fsp3) is 0. The Labute approximate surface area is 113 Å². The highest BCUT2D eigenvalue weighted by atomic mass is 35.5. The lowest BCUT2D eigenvalue weighted by Gasteiger charge is -2.03. The predicted octanol–water partition coefficient (Wildman–Crippen LogP) is 4.19. The van der Waals surface area contributed by atoms with Crippen molar-refractivity contribution in [1.82, 2.24) is 0 Å². The lowest BCUT2D eigenvalue weighted by atomic mass is 10.3. The van der Waals surface area contributed by atoms with E-state index in [2.05, 4.69) is 5.32 Å². The minimum Gasteiger partial charge on any atom is -0.320 e. The van der Waals surface area contributed by atoms with Crippen LogP contribution < -0.4 is 5.32 Å². The molecule has 0 saturated heterocycles. The van der Waals surface area contributed by atoms with Crippen LogP contribution in [0.1, 0.15) is 4.88 Å². The van der Waals surface area contributed by atoms with Gasteiger partial charge in [-0.3, -0.25) is 4.79 Å². The summed E-state index contributed by atoms with van der Waals surface area (Å²) in [6, 6.07) is 7.87. The molecule has 1 amide bonds. The van der Waals surface area contributed by atoms with Crippen LogP contribution in [0, 0.1) is 5.82 Å². The van der Waals surface area contributed by atoms with Gasteiger partial charge < -0.3 is 5.32 Å². The predicted molar refractivity (Wildman–Crippen MR) is 73.4 cm³/mol. The maximum absolute atomic E-state index is 13.4. The Morgan fingerprint density at radius 3 is 2.89 bits per heavy atom. The van der Waals surface area contributed by atoms with E-state index in [0.717, 1.165) is 10.9 Å². The Morgan fingerprint density at radius 1 is 1.39 bits per heavy atom. The second-order valence-electron chi connectivity index (χ2n) is 3.46. The summed E-state index contributed by atoms with van der Waals surface area (Å²) in [6.45, 7) is 0. The molecule has 0 bridgehead atoms. The van der Waals surface area contributed by atoms with Gasteiger partial charge in [0.1, 0.15) is 5.82 Å². The highest BCUT2D eigenvalue weighted by Gasteiger charge is 2.04. The molecule has 0 saturated carbocycles. The molecular formula is C13H9ClFNOS. The van der Waals surface area contributed by atoms with Crippen LogP contribution in [0.15, 0.2) is 41.8 Å². The number of nitrogens with one attached hydrogen (secondary N) is 1. The number of halogens is 2. The number of rotatable bonds is 3. The van der Waals surface area contributed by atoms with Gasteiger partial charge in [0, 0.05) is 16.0 Å². The van der Waals surface area contributed by atoms with Crippen LogP contribution >= 0.6 is 22.9 Å². The second kappa shape index (κ2) is 5.80. The lowest BCUT2D eigenvalue weighted by molar-refractivity contribution is -0.111. The Hall–Kier alpha value is -1.65. The summed E-state index contributed by atoms with van der Waals surface area (Å²) < 4.78 is 13.4. The third-order valence-electron chi connectivity index (χ3n) is 2.13. The van der Waals surface area contributed by atoms with Crippen LogP contribution in [0.4, 0.5) is 10.1 Å². The largest absolute Gasteiger partial charge is 0.320 e. The first kappa shape index (κ1) is 12.8. The molecule has 0 aliphatic rings. The molecule has 2 rings (SSSR count). The average Bonchev–Trinajstić information content (AvgIpc) is 2.83. The Morgan fingerprint density at radius 2 is 2.22 bits per heavy atom. The standard InChI is InChI=1S/C13H9ClFNOS/c14-9-3-5-12(11(15)8-9)16-13(17)6-4-10-2-1-7-18-10/h1-8H,(H,16,17)/b6-4+. The third kappa shape index (κ3) is 3.42. The lowest BCUT2D eigenvalue weighted by Crippen LogP contribution is -2.09. The highest BCUT2D eigenvalue weighted by molar-refractivity contribution is 7.10. The molecule has 2 nitrogen and oxygen atoms in total. The number of anilines is 1. The summed E-state index contributed by atoms with van der Waals surface area (Å²) in [7, 11) is 0. The van der Waals surface area contributed by atoms with Crippen LogP contribution in [0.25, 0.3) is 6.08 Å². The van der Waals surface area contributed by atoms with Gasteiger partial charge in [-0.2, -0.15) is 0 Å². The number of hydrogen-bond donors (Lipinski definition) is 1. The van der Waals surface area contributed by atoms with Crippen LogP contribution in [0.5, 0.6) is 0 Å². The van der Waals surface area contributed by atoms with E-state index in [-0.39, 0.29) is 11.6 Å². The smallest absolute Gasteiger partial charge is 0.248 e. The summed E-state index contributed by atoms with van der Waals surface area (Å²) >= 11 is 7.13. The van der Waals surface area contributed by atoms with Crippen LogP contribution in [0.2, 0.25) is 5.02 Å². The molecule has 0 atom stereocenters. The van der Waals surface area contributed by atoms with Gasteiger partial charge in [-0.15, -0.1) is 11.3 Å². The van der Waals surface area contributed by atoms with Gasteiger partial charge in [-0.1, -0.05) is 17.7 Å². The van der Waals surface area contributed by atoms with E-state index in [1.807, 2.05) is 17.5 Å². The number of hydrogen-bond acceptors (Lipinski definition) is 2. The molecule has 1 N–H and O–H groups in total. The molecule has 0 aliphatic carbocycles. The molecule has 0 aliphatic heterocycles. The Bertz CT molecular complexity index is 581. The average molecular weight is 282 g/mol. The number of carbonyl (C=O) groups is 1. The van der Waals surface area contributed by atoms with Gasteiger partial charge in [0.15, 0.2) is 0 Å². The van der Waals surface area contributed by atoms with E-state index < -0.39 is 5.82 Å². The summed E-state index contributed by atoms with van der Waals surface area (Å²) in [6.07, 6.45) is 3.04. The maximum Gasteiger partial charge on any atom is 0.248 e. The van der Waals surface area contributed by atoms with Crippen molar-refractivity contribution in [1.29, 1.82) is 0 Å². The molecule has 0 unspecified atom stereocenters. The molecule has 1 aromatic heterocycles. The zero-order chi connectivity index (χ0) is 13.0. The van der Waals surface area contributed by atoms with E-state index in [1.54, 1.807) is 6.08 Å². The fourth-order valence-corrected chi connectivity index (χ4v) is 2.09. The van der Waals surface area contributed by atoms with Gasteiger partial charge >= 0.3 is 0 Å². The molecule has 1 aromatic carbocycles. The fourth-order valence-electron chi connectivity index (χ4n) is 1.31. The molecule has 92 valence electrons. The summed E-state index contributed by atoms with van der Waals surface area (Å²) in [5, 5.41) is 4.65. The van der Waals surface area contributed by atoms with Gasteiger partial charge in [0.05, 0.1) is 5.69 Å². The van der Waals surface area contributed by atoms with Gasteiger partial charge in [-0.05, 0) is 35.7 Å². The van der Waals surface area contributed by atoms with Crippen molar-refractivity contribution in [3.8, 4) is 0 Å².